The van der Waals surface area contributed by atoms with E-state index >= 15 is 0 Å². The standard InChI is InChI=1S/3C9H11F.C8H18N2.2C8H11N.C8H17N.C8H11N.C8H12O.C8H12S.C7H12N2/c1-7(2)8-3-5-9(10)6-4-8;1-7(2)8-4-3-5-9(10)6-8;1-7(2)8-5-3-4-6-9(8)10;1-8(2)10-6-4-9(3)5-7-10;1-7(2)8-3-5-9-6-4-8;1-7(2)8-4-3-5-9-6-8;1-8(2)9-6-4-3-5-7-9;1-7(2)8-5-3-4-6-9-8;2*1-6(2)8-4-7(3)9-5-8;1-6(2)9-4-7(3)8-5-9/h3*3-7H,1-2H3;8H,4-7H2,1-3H3;2*3-7H,1-2H3;8H,3-7H2,1-2H3;3-7H,1-2H3;3*4-6H,1-3H3. The molecule has 2 aliphatic rings. The highest BCUT2D eigenvalue weighted by molar-refractivity contribution is 7.10. The molecule has 3 aromatic carbocycles. The SMILES string of the molecule is CC(C)N1CCCCC1.CC(C)N1CCN(C)CC1.CC(C)c1ccc(F)cc1.CC(C)c1cccc(F)c1.CC(C)c1ccccc1F.CC(C)c1ccccn1.CC(C)c1cccnc1.CC(C)c1ccncc1.Cc1cc(C(C)C)co1.Cc1cc(C(C)C)cs1.Cc1cn(C(C)C)cn1. The number of nitrogens with zero attached hydrogens (tertiary/aromatic N) is 8. The molecule has 0 aliphatic carbocycles. The van der Waals surface area contributed by atoms with Crippen LogP contribution >= 0.6 is 11.3 Å². The molecule has 103 heavy (non-hydrogen) atoms. The normalized spacial score (nSPS) is 12.8. The predicted octanol–water partition coefficient (Wildman–Crippen LogP) is 25.6. The van der Waals surface area contributed by atoms with Crippen molar-refractivity contribution in [2.45, 2.75) is 258 Å². The molecule has 2 aliphatic heterocycles. The molecule has 11 rings (SSSR count). The molecule has 9 aromatic rings. The van der Waals surface area contributed by atoms with Gasteiger partial charge in [-0.15, -0.1) is 11.3 Å². The lowest BCUT2D eigenvalue weighted by atomic mass is 10.0. The summed E-state index contributed by atoms with van der Waals surface area (Å²) in [4.78, 5) is 25.1. The number of halogens is 3. The number of piperidine rings is 1. The zero-order valence-corrected chi connectivity index (χ0v) is 69.4. The van der Waals surface area contributed by atoms with Crippen molar-refractivity contribution in [3.8, 4) is 0 Å². The lowest BCUT2D eigenvalue weighted by Crippen LogP contribution is -2.47. The van der Waals surface area contributed by atoms with Gasteiger partial charge in [-0.25, -0.2) is 18.2 Å². The lowest BCUT2D eigenvalue weighted by Gasteiger charge is -2.34. The van der Waals surface area contributed by atoms with Crippen LogP contribution in [0.4, 0.5) is 13.2 Å². The zero-order valence-electron chi connectivity index (χ0n) is 68.6. The van der Waals surface area contributed by atoms with Crippen molar-refractivity contribution >= 4 is 11.3 Å². The first-order valence-electron chi connectivity index (χ1n) is 37.9. The van der Waals surface area contributed by atoms with Crippen LogP contribution in [-0.4, -0.2) is 97.6 Å². The summed E-state index contributed by atoms with van der Waals surface area (Å²) in [6.07, 6.45) is 19.2. The van der Waals surface area contributed by atoms with Gasteiger partial charge in [-0.3, -0.25) is 19.9 Å². The van der Waals surface area contributed by atoms with E-state index in [1.165, 1.54) is 115 Å². The maximum absolute atomic E-state index is 12.8. The maximum Gasteiger partial charge on any atom is 0.126 e. The number of rotatable bonds is 11. The Balaban J connectivity index is 0.000000567. The number of likely N-dealkylation sites (N-methyl/N-ethyl adjacent to an activating group) is 1. The number of pyridine rings is 3. The number of imidazole rings is 1. The summed E-state index contributed by atoms with van der Waals surface area (Å²) in [6.45, 7) is 61.1. The average Bonchev–Trinajstić information content (AvgIpc) is 1.84. The Morgan fingerprint density at radius 3 is 1.27 bits per heavy atom. The Morgan fingerprint density at radius 2 is 0.942 bits per heavy atom. The van der Waals surface area contributed by atoms with Crippen molar-refractivity contribution in [1.29, 1.82) is 0 Å². The summed E-state index contributed by atoms with van der Waals surface area (Å²) in [7, 11) is 2.19. The summed E-state index contributed by atoms with van der Waals surface area (Å²) < 4.78 is 44.9. The average molecular weight is 1440 g/mol. The summed E-state index contributed by atoms with van der Waals surface area (Å²) in [5, 5.41) is 2.24. The third kappa shape index (κ3) is 43.8. The number of furan rings is 1. The Kier molecular flexibility index (Phi) is 49.0. The third-order valence-electron chi connectivity index (χ3n) is 17.1. The molecule has 8 heterocycles. The summed E-state index contributed by atoms with van der Waals surface area (Å²) in [5.74, 6) is 4.81. The van der Waals surface area contributed by atoms with E-state index in [1.54, 1.807) is 24.4 Å². The number of likely N-dealkylation sites (tertiary alicyclic amines) is 1. The largest absolute Gasteiger partial charge is 0.469 e. The number of thiophene rings is 1. The van der Waals surface area contributed by atoms with Gasteiger partial charge in [0.25, 0.3) is 0 Å². The van der Waals surface area contributed by atoms with E-state index in [1.807, 2.05) is 149 Å². The quantitative estimate of drug-likeness (QED) is 0.127. The highest BCUT2D eigenvalue weighted by Crippen LogP contribution is 2.22. The fourth-order valence-corrected chi connectivity index (χ4v) is 10.7. The number of benzene rings is 3. The molecule has 2 fully saturated rings. The predicted molar refractivity (Wildman–Crippen MR) is 439 cm³/mol. The van der Waals surface area contributed by atoms with Gasteiger partial charge in [0.1, 0.15) is 23.2 Å². The Hall–Kier alpha value is -7.03. The van der Waals surface area contributed by atoms with Gasteiger partial charge in [0.15, 0.2) is 0 Å². The Bertz CT molecular complexity index is 3240. The van der Waals surface area contributed by atoms with Crippen LogP contribution in [0.5, 0.6) is 0 Å². The van der Waals surface area contributed by atoms with Crippen molar-refractivity contribution in [3.63, 3.8) is 0 Å². The van der Waals surface area contributed by atoms with Gasteiger partial charge in [0, 0.05) is 92.1 Å². The van der Waals surface area contributed by atoms with E-state index < -0.39 is 0 Å². The van der Waals surface area contributed by atoms with E-state index in [0.717, 1.165) is 40.4 Å². The van der Waals surface area contributed by atoms with Crippen molar-refractivity contribution < 1.29 is 17.6 Å². The highest BCUT2D eigenvalue weighted by Gasteiger charge is 2.16. The summed E-state index contributed by atoms with van der Waals surface area (Å²) >= 11 is 1.83. The summed E-state index contributed by atoms with van der Waals surface area (Å²) in [6, 6.07) is 40.8. The number of aryl methyl sites for hydroxylation is 3. The first-order valence-corrected chi connectivity index (χ1v) is 38.7. The molecule has 0 N–H and O–H groups in total. The number of aromatic nitrogens is 5. The molecule has 0 saturated carbocycles. The first-order chi connectivity index (χ1) is 48.6. The number of piperazine rings is 1. The topological polar surface area (TPSA) is 79.4 Å². The molecule has 13 heteroatoms. The second-order valence-corrected chi connectivity index (χ2v) is 31.0. The smallest absolute Gasteiger partial charge is 0.126 e. The van der Waals surface area contributed by atoms with Crippen LogP contribution in [0.1, 0.15) is 286 Å². The maximum atomic E-state index is 12.8. The van der Waals surface area contributed by atoms with Crippen LogP contribution in [0.2, 0.25) is 0 Å². The minimum atomic E-state index is -0.163. The molecule has 0 bridgehead atoms. The lowest BCUT2D eigenvalue weighted by molar-refractivity contribution is 0.126. The monoisotopic (exact) mass is 1440 g/mol. The van der Waals surface area contributed by atoms with E-state index in [0.29, 0.717) is 47.5 Å². The van der Waals surface area contributed by atoms with E-state index in [-0.39, 0.29) is 23.4 Å². The molecule has 0 unspecified atom stereocenters. The zero-order chi connectivity index (χ0) is 77.6. The minimum Gasteiger partial charge on any atom is -0.469 e. The van der Waals surface area contributed by atoms with Crippen molar-refractivity contribution in [2.75, 3.05) is 46.3 Å². The van der Waals surface area contributed by atoms with E-state index in [4.69, 9.17) is 4.42 Å². The molecular weight excluding hydrogens is 1300 g/mol. The van der Waals surface area contributed by atoms with Crippen molar-refractivity contribution in [2.24, 2.45) is 0 Å². The third-order valence-corrected chi connectivity index (χ3v) is 18.0. The summed E-state index contributed by atoms with van der Waals surface area (Å²) in [5.41, 5.74) is 10.7. The molecule has 0 spiro atoms. The first kappa shape index (κ1) is 94.0. The van der Waals surface area contributed by atoms with Crippen LogP contribution in [0, 0.1) is 38.2 Å². The van der Waals surface area contributed by atoms with Gasteiger partial charge in [-0.2, -0.15) is 0 Å². The van der Waals surface area contributed by atoms with Crippen LogP contribution in [0.3, 0.4) is 0 Å². The number of hydrogen-bond donors (Lipinski definition) is 0. The molecule has 0 amide bonds. The second-order valence-electron chi connectivity index (χ2n) is 29.8. The van der Waals surface area contributed by atoms with Crippen LogP contribution < -0.4 is 0 Å². The van der Waals surface area contributed by atoms with Gasteiger partial charge < -0.3 is 18.8 Å². The van der Waals surface area contributed by atoms with Crippen LogP contribution in [-0.2, 0) is 0 Å². The molecule has 570 valence electrons. The van der Waals surface area contributed by atoms with Crippen LogP contribution in [0.25, 0.3) is 0 Å². The van der Waals surface area contributed by atoms with Gasteiger partial charge >= 0.3 is 0 Å². The molecule has 0 atom stereocenters. The van der Waals surface area contributed by atoms with Gasteiger partial charge in [-0.1, -0.05) is 172 Å². The number of hydrogen-bond acceptors (Lipinski definition) is 9. The van der Waals surface area contributed by atoms with Crippen molar-refractivity contribution in [3.05, 3.63) is 261 Å². The molecule has 0 radical (unpaired) electrons. The van der Waals surface area contributed by atoms with Gasteiger partial charge in [-0.05, 0) is 260 Å². The van der Waals surface area contributed by atoms with Gasteiger partial charge in [0.2, 0.25) is 0 Å². The van der Waals surface area contributed by atoms with Gasteiger partial charge in [0.05, 0.1) is 18.3 Å². The fraction of sp³-hybridized carbons (Fsp3) is 0.511. The fourth-order valence-electron chi connectivity index (χ4n) is 9.87. The Morgan fingerprint density at radius 1 is 0.408 bits per heavy atom. The van der Waals surface area contributed by atoms with E-state index in [2.05, 4.69) is 215 Å². The molecule has 6 aromatic heterocycles. The second kappa shape index (κ2) is 53.7. The van der Waals surface area contributed by atoms with E-state index in [9.17, 15) is 13.2 Å². The molecule has 2 saturated heterocycles. The highest BCUT2D eigenvalue weighted by atomic mass is 32.1. The molecule has 9 nitrogen and oxygen atoms in total. The minimum absolute atomic E-state index is 0.0995. The Labute approximate surface area is 629 Å². The molecular formula is C90H137F3N8OS. The van der Waals surface area contributed by atoms with Crippen molar-refractivity contribution in [1.82, 2.24) is 39.2 Å². The van der Waals surface area contributed by atoms with Crippen LogP contribution in [0.15, 0.2) is 187 Å².